The van der Waals surface area contributed by atoms with Gasteiger partial charge in [0.1, 0.15) is 17.5 Å². The van der Waals surface area contributed by atoms with Crippen molar-refractivity contribution < 1.29 is 0 Å². The zero-order chi connectivity index (χ0) is 17.4. The number of rotatable bonds is 5. The lowest BCUT2D eigenvalue weighted by molar-refractivity contribution is 0.129. The van der Waals surface area contributed by atoms with E-state index in [4.69, 9.17) is 4.98 Å². The van der Waals surface area contributed by atoms with Gasteiger partial charge in [-0.1, -0.05) is 26.7 Å². The van der Waals surface area contributed by atoms with Crippen LogP contribution in [0.25, 0.3) is 0 Å². The predicted molar refractivity (Wildman–Crippen MR) is 95.1 cm³/mol. The minimum atomic E-state index is 0.303. The molecule has 136 valence electrons. The second-order valence-electron chi connectivity index (χ2n) is 7.88. The molecule has 2 aromatic heterocycles. The first-order chi connectivity index (χ1) is 12.1. The molecule has 2 aromatic rings. The molecule has 1 aliphatic carbocycles. The molecule has 0 aromatic carbocycles. The molecule has 7 nitrogen and oxygen atoms in total. The molecule has 25 heavy (non-hydrogen) atoms. The lowest BCUT2D eigenvalue weighted by Crippen LogP contribution is -2.34. The van der Waals surface area contributed by atoms with Gasteiger partial charge in [0.25, 0.3) is 0 Å². The summed E-state index contributed by atoms with van der Waals surface area (Å²) in [6.45, 7) is 6.17. The van der Waals surface area contributed by atoms with Crippen molar-refractivity contribution in [3.05, 3.63) is 23.3 Å². The van der Waals surface area contributed by atoms with Crippen LogP contribution < -0.4 is 0 Å². The predicted octanol–water partition coefficient (Wildman–Crippen LogP) is 3.05. The Balaban J connectivity index is 1.52. The lowest BCUT2D eigenvalue weighted by Gasteiger charge is -2.33. The maximum atomic E-state index is 4.75. The fraction of sp³-hybridized carbons (Fsp3) is 0.778. The quantitative estimate of drug-likeness (QED) is 0.903. The van der Waals surface area contributed by atoms with Gasteiger partial charge in [-0.25, -0.2) is 4.98 Å². The third-order valence-electron chi connectivity index (χ3n) is 5.78. The number of hydrogen-bond acceptors (Lipinski definition) is 5. The number of nitrogens with zero attached hydrogens (tertiary/aromatic N) is 6. The molecule has 2 fully saturated rings. The van der Waals surface area contributed by atoms with E-state index in [9.17, 15) is 0 Å². The maximum Gasteiger partial charge on any atom is 0.153 e. The van der Waals surface area contributed by atoms with Crippen molar-refractivity contribution in [3.8, 4) is 0 Å². The molecule has 1 saturated heterocycles. The highest BCUT2D eigenvalue weighted by molar-refractivity contribution is 5.06. The topological polar surface area (TPSA) is 75.5 Å². The van der Waals surface area contributed by atoms with Crippen LogP contribution in [0.5, 0.6) is 0 Å². The molecule has 2 aliphatic rings. The number of piperidine rings is 1. The second kappa shape index (κ2) is 6.86. The summed E-state index contributed by atoms with van der Waals surface area (Å²) in [5, 5.41) is 16.6. The first-order valence-electron chi connectivity index (χ1n) is 9.68. The van der Waals surface area contributed by atoms with E-state index in [-0.39, 0.29) is 0 Å². The molecule has 4 rings (SSSR count). The number of aromatic nitrogens is 6. The van der Waals surface area contributed by atoms with Gasteiger partial charge in [0.15, 0.2) is 5.82 Å². The number of aromatic amines is 1. The van der Waals surface area contributed by atoms with Gasteiger partial charge in [-0.3, -0.25) is 10.00 Å². The molecule has 1 N–H and O–H groups in total. The molecular formula is C18H29N7. The summed E-state index contributed by atoms with van der Waals surface area (Å²) in [5.74, 6) is 5.11. The first kappa shape index (κ1) is 16.7. The van der Waals surface area contributed by atoms with Gasteiger partial charge >= 0.3 is 0 Å². The smallest absolute Gasteiger partial charge is 0.153 e. The highest BCUT2D eigenvalue weighted by Crippen LogP contribution is 2.36. The molecule has 0 unspecified atom stereocenters. The summed E-state index contributed by atoms with van der Waals surface area (Å²) in [5.41, 5.74) is 0. The van der Waals surface area contributed by atoms with Gasteiger partial charge < -0.3 is 4.57 Å². The van der Waals surface area contributed by atoms with Crippen LogP contribution in [-0.4, -0.2) is 41.4 Å². The summed E-state index contributed by atoms with van der Waals surface area (Å²) in [6.07, 6.45) is 7.44. The van der Waals surface area contributed by atoms with Crippen molar-refractivity contribution in [1.29, 1.82) is 0 Å². The molecule has 7 heteroatoms. The minimum Gasteiger partial charge on any atom is -0.317 e. The standard InChI is InChI=1S/C18H29N7/c1-12(2)16-19-17(22-21-16)14-9-4-5-10-25(14)11-15-20-23-18(24(15)3)13-7-6-8-13/h12-14H,4-11H2,1-3H3,(H,19,21,22)/t14-/m0/s1. The van der Waals surface area contributed by atoms with Crippen LogP contribution in [0, 0.1) is 0 Å². The van der Waals surface area contributed by atoms with Crippen molar-refractivity contribution in [1.82, 2.24) is 34.8 Å². The highest BCUT2D eigenvalue weighted by atomic mass is 15.3. The average molecular weight is 343 g/mol. The monoisotopic (exact) mass is 343 g/mol. The zero-order valence-electron chi connectivity index (χ0n) is 15.6. The molecule has 1 aliphatic heterocycles. The Kier molecular flexibility index (Phi) is 4.58. The van der Waals surface area contributed by atoms with Gasteiger partial charge in [-0.2, -0.15) is 5.10 Å². The Morgan fingerprint density at radius 2 is 1.96 bits per heavy atom. The van der Waals surface area contributed by atoms with E-state index in [0.717, 1.165) is 42.8 Å². The molecule has 1 atom stereocenters. The van der Waals surface area contributed by atoms with E-state index in [0.29, 0.717) is 17.9 Å². The van der Waals surface area contributed by atoms with Crippen molar-refractivity contribution in [2.24, 2.45) is 7.05 Å². The van der Waals surface area contributed by atoms with Gasteiger partial charge in [0, 0.05) is 18.9 Å². The van der Waals surface area contributed by atoms with Crippen LogP contribution in [0.1, 0.15) is 93.5 Å². The number of hydrogen-bond donors (Lipinski definition) is 1. The van der Waals surface area contributed by atoms with Crippen LogP contribution in [-0.2, 0) is 13.6 Å². The highest BCUT2D eigenvalue weighted by Gasteiger charge is 2.30. The van der Waals surface area contributed by atoms with Crippen LogP contribution in [0.15, 0.2) is 0 Å². The summed E-state index contributed by atoms with van der Waals surface area (Å²) in [6, 6.07) is 0.303. The van der Waals surface area contributed by atoms with E-state index in [2.05, 4.69) is 50.8 Å². The molecule has 3 heterocycles. The maximum absolute atomic E-state index is 4.75. The average Bonchev–Trinajstić information content (AvgIpc) is 3.17. The zero-order valence-corrected chi connectivity index (χ0v) is 15.6. The second-order valence-corrected chi connectivity index (χ2v) is 7.88. The van der Waals surface area contributed by atoms with E-state index in [1.807, 2.05) is 0 Å². The van der Waals surface area contributed by atoms with Gasteiger partial charge in [0.05, 0.1) is 12.6 Å². The van der Waals surface area contributed by atoms with Crippen LogP contribution in [0.2, 0.25) is 0 Å². The number of nitrogens with one attached hydrogen (secondary N) is 1. The van der Waals surface area contributed by atoms with E-state index < -0.39 is 0 Å². The third-order valence-corrected chi connectivity index (χ3v) is 5.78. The molecule has 0 amide bonds. The summed E-state index contributed by atoms with van der Waals surface area (Å²) >= 11 is 0. The van der Waals surface area contributed by atoms with Crippen LogP contribution in [0.3, 0.4) is 0 Å². The largest absolute Gasteiger partial charge is 0.317 e. The van der Waals surface area contributed by atoms with Crippen LogP contribution >= 0.6 is 0 Å². The number of H-pyrrole nitrogens is 1. The summed E-state index contributed by atoms with van der Waals surface area (Å²) in [4.78, 5) is 7.24. The number of likely N-dealkylation sites (tertiary alicyclic amines) is 1. The van der Waals surface area contributed by atoms with Crippen molar-refractivity contribution in [2.75, 3.05) is 6.54 Å². The van der Waals surface area contributed by atoms with E-state index >= 15 is 0 Å². The molecule has 1 saturated carbocycles. The van der Waals surface area contributed by atoms with Crippen LogP contribution in [0.4, 0.5) is 0 Å². The van der Waals surface area contributed by atoms with Crippen molar-refractivity contribution in [3.63, 3.8) is 0 Å². The van der Waals surface area contributed by atoms with E-state index in [1.54, 1.807) is 0 Å². The lowest BCUT2D eigenvalue weighted by atomic mass is 9.85. The minimum absolute atomic E-state index is 0.303. The Morgan fingerprint density at radius 1 is 1.12 bits per heavy atom. The Morgan fingerprint density at radius 3 is 2.64 bits per heavy atom. The fourth-order valence-electron chi connectivity index (χ4n) is 3.90. The Labute approximate surface area is 149 Å². The SMILES string of the molecule is CC(C)c1n[nH]c([C@@H]2CCCCN2Cc2nnc(C3CCC3)n2C)n1. The molecule has 0 bridgehead atoms. The van der Waals surface area contributed by atoms with E-state index in [1.165, 1.54) is 32.1 Å². The normalized spacial score (nSPS) is 22.5. The van der Waals surface area contributed by atoms with Crippen molar-refractivity contribution >= 4 is 0 Å². The van der Waals surface area contributed by atoms with Gasteiger partial charge in [-0.15, -0.1) is 10.2 Å². The summed E-state index contributed by atoms with van der Waals surface area (Å²) < 4.78 is 2.22. The third kappa shape index (κ3) is 3.21. The summed E-state index contributed by atoms with van der Waals surface area (Å²) in [7, 11) is 2.12. The Hall–Kier alpha value is -1.76. The Bertz CT molecular complexity index is 713. The fourth-order valence-corrected chi connectivity index (χ4v) is 3.90. The van der Waals surface area contributed by atoms with Crippen molar-refractivity contribution in [2.45, 2.75) is 76.8 Å². The van der Waals surface area contributed by atoms with Gasteiger partial charge in [-0.05, 0) is 32.2 Å². The molecule has 0 spiro atoms. The first-order valence-corrected chi connectivity index (χ1v) is 9.68. The molecular weight excluding hydrogens is 314 g/mol. The van der Waals surface area contributed by atoms with Gasteiger partial charge in [0.2, 0.25) is 0 Å². The molecule has 0 radical (unpaired) electrons.